The zero-order chi connectivity index (χ0) is 21.5. The number of amides is 1. The monoisotopic (exact) mass is 415 g/mol. The molecule has 30 heavy (non-hydrogen) atoms. The van der Waals surface area contributed by atoms with Crippen LogP contribution in [0, 0.1) is 0 Å². The smallest absolute Gasteiger partial charge is 0.238 e. The van der Waals surface area contributed by atoms with E-state index in [1.165, 1.54) is 0 Å². The van der Waals surface area contributed by atoms with Gasteiger partial charge < -0.3 is 24.3 Å². The molecule has 2 unspecified atom stereocenters. The topological polar surface area (TPSA) is 90.1 Å². The number of benzene rings is 2. The second-order valence-corrected chi connectivity index (χ2v) is 6.97. The van der Waals surface area contributed by atoms with Crippen molar-refractivity contribution in [2.75, 3.05) is 35.0 Å². The van der Waals surface area contributed by atoms with Gasteiger partial charge in [0.25, 0.3) is 0 Å². The van der Waals surface area contributed by atoms with Crippen molar-refractivity contribution in [1.29, 1.82) is 0 Å². The number of hydrazine groups is 1. The molecule has 0 aliphatic carbocycles. The molecule has 8 nitrogen and oxygen atoms in total. The molecule has 1 aliphatic heterocycles. The number of rotatable bonds is 9. The molecule has 162 valence electrons. The Labute approximate surface area is 176 Å². The first-order chi connectivity index (χ1) is 14.6. The van der Waals surface area contributed by atoms with Crippen LogP contribution in [0.3, 0.4) is 0 Å². The molecule has 3 rings (SSSR count). The number of carbonyl (C=O) groups is 1. The quantitative estimate of drug-likeness (QED) is 0.577. The van der Waals surface area contributed by atoms with Gasteiger partial charge in [0.05, 0.1) is 34.5 Å². The summed E-state index contributed by atoms with van der Waals surface area (Å²) in [5.74, 6) is 2.78. The fourth-order valence-corrected chi connectivity index (χ4v) is 3.53. The van der Waals surface area contributed by atoms with Crippen molar-refractivity contribution in [3.8, 4) is 23.0 Å². The molecule has 8 heteroatoms. The number of carbonyl (C=O) groups excluding carboxylic acids is 1. The van der Waals surface area contributed by atoms with E-state index in [4.69, 9.17) is 18.9 Å². The van der Waals surface area contributed by atoms with Gasteiger partial charge in [-0.15, -0.1) is 0 Å². The minimum absolute atomic E-state index is 0.0348. The molecule has 2 atom stereocenters. The first-order valence-corrected chi connectivity index (χ1v) is 9.81. The summed E-state index contributed by atoms with van der Waals surface area (Å²) in [6.45, 7) is 0.531. The van der Waals surface area contributed by atoms with Crippen molar-refractivity contribution in [2.45, 2.75) is 24.9 Å². The molecule has 2 aromatic rings. The van der Waals surface area contributed by atoms with E-state index in [1.807, 2.05) is 36.4 Å². The zero-order valence-corrected chi connectivity index (χ0v) is 17.8. The van der Waals surface area contributed by atoms with E-state index in [9.17, 15) is 4.79 Å². The average molecular weight is 415 g/mol. The molecule has 1 saturated heterocycles. The lowest BCUT2D eigenvalue weighted by Gasteiger charge is -2.15. The van der Waals surface area contributed by atoms with Gasteiger partial charge in [-0.05, 0) is 36.6 Å². The Kier molecular flexibility index (Phi) is 7.37. The van der Waals surface area contributed by atoms with Crippen LogP contribution in [0.5, 0.6) is 23.0 Å². The normalized spacial score (nSPS) is 18.0. The predicted molar refractivity (Wildman–Crippen MR) is 113 cm³/mol. The standard InChI is InChI=1S/C22H29N3O5/c1-27-15-6-7-16(20(12-15)29-3)17-13-18(25-24-17)22(26)23-10-9-14-5-8-19(28-2)21(11-14)30-4/h5-8,11-12,17-18,24-25H,9-10,13H2,1-4H3,(H,23,26). The first kappa shape index (κ1) is 21.7. The van der Waals surface area contributed by atoms with Gasteiger partial charge in [-0.2, -0.15) is 0 Å². The second kappa shape index (κ2) is 10.2. The molecule has 0 bridgehead atoms. The maximum Gasteiger partial charge on any atom is 0.238 e. The maximum absolute atomic E-state index is 12.6. The van der Waals surface area contributed by atoms with E-state index >= 15 is 0 Å². The van der Waals surface area contributed by atoms with E-state index < -0.39 is 0 Å². The average Bonchev–Trinajstić information content (AvgIpc) is 3.28. The zero-order valence-electron chi connectivity index (χ0n) is 17.8. The Hall–Kier alpha value is -2.97. The summed E-state index contributed by atoms with van der Waals surface area (Å²) < 4.78 is 21.3. The highest BCUT2D eigenvalue weighted by Crippen LogP contribution is 2.33. The van der Waals surface area contributed by atoms with Gasteiger partial charge in [0.1, 0.15) is 17.5 Å². The Morgan fingerprint density at radius 1 is 0.933 bits per heavy atom. The minimum Gasteiger partial charge on any atom is -0.497 e. The van der Waals surface area contributed by atoms with Crippen LogP contribution in [-0.2, 0) is 11.2 Å². The Balaban J connectivity index is 1.53. The van der Waals surface area contributed by atoms with Crippen LogP contribution >= 0.6 is 0 Å². The fourth-order valence-electron chi connectivity index (χ4n) is 3.53. The SMILES string of the molecule is COc1ccc(C2CC(C(=O)NCCc3ccc(OC)c(OC)c3)NN2)c(OC)c1. The fraction of sp³-hybridized carbons (Fsp3) is 0.409. The van der Waals surface area contributed by atoms with E-state index in [2.05, 4.69) is 16.2 Å². The molecule has 0 radical (unpaired) electrons. The molecular weight excluding hydrogens is 386 g/mol. The van der Waals surface area contributed by atoms with Crippen LogP contribution in [0.4, 0.5) is 0 Å². The lowest BCUT2D eigenvalue weighted by atomic mass is 10.0. The van der Waals surface area contributed by atoms with Crippen molar-refractivity contribution in [3.05, 3.63) is 47.5 Å². The van der Waals surface area contributed by atoms with Crippen LogP contribution in [0.2, 0.25) is 0 Å². The second-order valence-electron chi connectivity index (χ2n) is 6.97. The molecule has 2 aromatic carbocycles. The van der Waals surface area contributed by atoms with E-state index in [1.54, 1.807) is 28.4 Å². The van der Waals surface area contributed by atoms with Crippen molar-refractivity contribution in [2.24, 2.45) is 0 Å². The van der Waals surface area contributed by atoms with Gasteiger partial charge in [0, 0.05) is 18.2 Å². The van der Waals surface area contributed by atoms with Crippen LogP contribution in [0.15, 0.2) is 36.4 Å². The largest absolute Gasteiger partial charge is 0.497 e. The van der Waals surface area contributed by atoms with Gasteiger partial charge >= 0.3 is 0 Å². The number of nitrogens with one attached hydrogen (secondary N) is 3. The molecule has 0 aromatic heterocycles. The number of hydrogen-bond acceptors (Lipinski definition) is 7. The van der Waals surface area contributed by atoms with Gasteiger partial charge in [-0.1, -0.05) is 12.1 Å². The van der Waals surface area contributed by atoms with E-state index in [0.717, 1.165) is 22.6 Å². The van der Waals surface area contributed by atoms with Gasteiger partial charge in [-0.3, -0.25) is 4.79 Å². The van der Waals surface area contributed by atoms with Crippen LogP contribution in [-0.4, -0.2) is 46.9 Å². The van der Waals surface area contributed by atoms with Crippen molar-refractivity contribution >= 4 is 5.91 Å². The molecule has 0 spiro atoms. The number of hydrogen-bond donors (Lipinski definition) is 3. The minimum atomic E-state index is -0.327. The Morgan fingerprint density at radius 2 is 1.70 bits per heavy atom. The third-order valence-corrected chi connectivity index (χ3v) is 5.20. The molecule has 0 saturated carbocycles. The van der Waals surface area contributed by atoms with Crippen molar-refractivity contribution in [1.82, 2.24) is 16.2 Å². The summed E-state index contributed by atoms with van der Waals surface area (Å²) in [7, 11) is 6.46. The summed E-state index contributed by atoms with van der Waals surface area (Å²) in [5, 5.41) is 2.99. The summed E-state index contributed by atoms with van der Waals surface area (Å²) in [6.07, 6.45) is 1.31. The number of ether oxygens (including phenoxy) is 4. The maximum atomic E-state index is 12.6. The van der Waals surface area contributed by atoms with Gasteiger partial charge in [0.2, 0.25) is 5.91 Å². The third-order valence-electron chi connectivity index (χ3n) is 5.20. The Bertz CT molecular complexity index is 874. The summed E-state index contributed by atoms with van der Waals surface area (Å²) in [5.41, 5.74) is 8.31. The van der Waals surface area contributed by atoms with Crippen molar-refractivity contribution in [3.63, 3.8) is 0 Å². The highest BCUT2D eigenvalue weighted by molar-refractivity contribution is 5.82. The predicted octanol–water partition coefficient (Wildman–Crippen LogP) is 1.99. The molecule has 1 fully saturated rings. The molecule has 1 amide bonds. The number of methoxy groups -OCH3 is 4. The summed E-state index contributed by atoms with van der Waals surface area (Å²) >= 11 is 0. The third kappa shape index (κ3) is 4.95. The molecular formula is C22H29N3O5. The lowest BCUT2D eigenvalue weighted by molar-refractivity contribution is -0.122. The van der Waals surface area contributed by atoms with Gasteiger partial charge in [-0.25, -0.2) is 10.9 Å². The summed E-state index contributed by atoms with van der Waals surface area (Å²) in [6, 6.07) is 11.1. The van der Waals surface area contributed by atoms with Gasteiger partial charge in [0.15, 0.2) is 11.5 Å². The Morgan fingerprint density at radius 3 is 2.40 bits per heavy atom. The highest BCUT2D eigenvalue weighted by Gasteiger charge is 2.31. The van der Waals surface area contributed by atoms with E-state index in [0.29, 0.717) is 30.9 Å². The van der Waals surface area contributed by atoms with Crippen LogP contribution in [0.1, 0.15) is 23.6 Å². The van der Waals surface area contributed by atoms with Crippen molar-refractivity contribution < 1.29 is 23.7 Å². The first-order valence-electron chi connectivity index (χ1n) is 9.81. The molecule has 1 heterocycles. The highest BCUT2D eigenvalue weighted by atomic mass is 16.5. The van der Waals surface area contributed by atoms with Crippen LogP contribution < -0.4 is 35.1 Å². The summed E-state index contributed by atoms with van der Waals surface area (Å²) in [4.78, 5) is 12.6. The lowest BCUT2D eigenvalue weighted by Crippen LogP contribution is -2.43. The van der Waals surface area contributed by atoms with Crippen LogP contribution in [0.25, 0.3) is 0 Å². The van der Waals surface area contributed by atoms with E-state index in [-0.39, 0.29) is 18.0 Å². The molecule has 1 aliphatic rings. The molecule has 3 N–H and O–H groups in total.